The van der Waals surface area contributed by atoms with E-state index in [9.17, 15) is 0 Å². The molecule has 0 heterocycles. The van der Waals surface area contributed by atoms with E-state index in [2.05, 4.69) is 15.7 Å². The summed E-state index contributed by atoms with van der Waals surface area (Å²) in [6, 6.07) is 0. The van der Waals surface area contributed by atoms with Crippen LogP contribution in [-0.4, -0.2) is 26.2 Å². The second-order valence-corrected chi connectivity index (χ2v) is 2.93. The molecule has 5 nitrogen and oxygen atoms in total. The third-order valence-corrected chi connectivity index (χ3v) is 1.76. The minimum Gasteiger partial charge on any atom is -0.329 e. The Morgan fingerprint density at radius 3 is 2.46 bits per heavy atom. The van der Waals surface area contributed by atoms with Crippen molar-refractivity contribution in [1.82, 2.24) is 5.32 Å². The smallest absolute Gasteiger partial charge is 0.0620 e. The van der Waals surface area contributed by atoms with Crippen LogP contribution in [-0.2, 0) is 0 Å². The zero-order chi connectivity index (χ0) is 9.78. The highest BCUT2D eigenvalue weighted by molar-refractivity contribution is 4.50. The van der Waals surface area contributed by atoms with Crippen molar-refractivity contribution >= 4 is 0 Å². The van der Waals surface area contributed by atoms with E-state index in [4.69, 9.17) is 11.6 Å². The normalized spacial score (nSPS) is 11.2. The lowest BCUT2D eigenvalue weighted by molar-refractivity contribution is 0.590. The van der Waals surface area contributed by atoms with E-state index in [0.29, 0.717) is 0 Å². The summed E-state index contributed by atoms with van der Waals surface area (Å²) in [5.41, 5.74) is 5.33. The number of nitrogens with zero attached hydrogens (tertiary/aromatic N) is 2. The highest BCUT2D eigenvalue weighted by atomic mass is 15.3. The molecule has 0 aliphatic carbocycles. The monoisotopic (exact) mass is 187 g/mol. The zero-order valence-electron chi connectivity index (χ0n) is 8.21. The average molecular weight is 187 g/mol. The zero-order valence-corrected chi connectivity index (χ0v) is 8.21. The summed E-state index contributed by atoms with van der Waals surface area (Å²) < 4.78 is 0. The molecule has 0 atom stereocenters. The van der Waals surface area contributed by atoms with Crippen LogP contribution in [0.25, 0.3) is 0 Å². The first-order chi connectivity index (χ1) is 6.41. The molecule has 0 aliphatic heterocycles. The summed E-state index contributed by atoms with van der Waals surface area (Å²) in [5.74, 6) is 4.86. The summed E-state index contributed by atoms with van der Waals surface area (Å²) in [5, 5.41) is 10.1. The molecular weight excluding hydrogens is 166 g/mol. The number of hydrogen-bond acceptors (Lipinski definition) is 4. The summed E-state index contributed by atoms with van der Waals surface area (Å²) in [6.07, 6.45) is 4.72. The third-order valence-electron chi connectivity index (χ3n) is 1.76. The fourth-order valence-corrected chi connectivity index (χ4v) is 1.07. The Morgan fingerprint density at radius 1 is 1.00 bits per heavy atom. The molecule has 0 spiro atoms. The van der Waals surface area contributed by atoms with Crippen LogP contribution >= 0.6 is 0 Å². The van der Waals surface area contributed by atoms with Crippen molar-refractivity contribution in [3.63, 3.8) is 0 Å². The predicted octanol–water partition coefficient (Wildman–Crippen LogP) is 0.421. The first-order valence-corrected chi connectivity index (χ1v) is 4.89. The molecule has 78 valence electrons. The van der Waals surface area contributed by atoms with Crippen molar-refractivity contribution in [1.29, 1.82) is 0 Å². The van der Waals surface area contributed by atoms with Crippen molar-refractivity contribution in [3.05, 3.63) is 0 Å². The fourth-order valence-electron chi connectivity index (χ4n) is 1.07. The molecule has 0 aromatic carbocycles. The van der Waals surface area contributed by atoms with Gasteiger partial charge in [0, 0.05) is 13.1 Å². The Balaban J connectivity index is 2.83. The Hall–Kier alpha value is -0.680. The van der Waals surface area contributed by atoms with Crippen molar-refractivity contribution in [2.75, 3.05) is 26.2 Å². The van der Waals surface area contributed by atoms with E-state index < -0.39 is 0 Å². The average Bonchev–Trinajstić information content (AvgIpc) is 2.16. The van der Waals surface area contributed by atoms with Gasteiger partial charge in [0.2, 0.25) is 0 Å². The molecule has 5 N–H and O–H groups in total. The standard InChI is InChI=1S/C8H21N5/c9-5-8-11-6-3-1-2-4-7-12-13-10/h11H,1-9H2,(H2,10,12). The summed E-state index contributed by atoms with van der Waals surface area (Å²) in [6.45, 7) is 3.46. The lowest BCUT2D eigenvalue weighted by Gasteiger charge is -2.01. The lowest BCUT2D eigenvalue weighted by atomic mass is 10.2. The van der Waals surface area contributed by atoms with Gasteiger partial charge in [-0.25, -0.2) is 0 Å². The van der Waals surface area contributed by atoms with Gasteiger partial charge < -0.3 is 16.9 Å². The molecule has 5 heteroatoms. The predicted molar refractivity (Wildman–Crippen MR) is 54.3 cm³/mol. The number of unbranched alkanes of at least 4 members (excludes halogenated alkanes) is 3. The second-order valence-electron chi connectivity index (χ2n) is 2.93. The van der Waals surface area contributed by atoms with Crippen molar-refractivity contribution in [3.8, 4) is 0 Å². The van der Waals surface area contributed by atoms with E-state index in [-0.39, 0.29) is 0 Å². The highest BCUT2D eigenvalue weighted by Gasteiger charge is 1.89. The first-order valence-electron chi connectivity index (χ1n) is 4.89. The van der Waals surface area contributed by atoms with Crippen LogP contribution in [0.3, 0.4) is 0 Å². The van der Waals surface area contributed by atoms with Crippen LogP contribution in [0.4, 0.5) is 0 Å². The largest absolute Gasteiger partial charge is 0.329 e. The highest BCUT2D eigenvalue weighted by Crippen LogP contribution is 1.98. The van der Waals surface area contributed by atoms with Gasteiger partial charge >= 0.3 is 0 Å². The molecule has 0 fully saturated rings. The molecular formula is C8H21N5. The van der Waals surface area contributed by atoms with Crippen LogP contribution in [0.15, 0.2) is 10.3 Å². The SMILES string of the molecule is NCCNCCCCCCN=NN. The lowest BCUT2D eigenvalue weighted by Crippen LogP contribution is -2.23. The maximum Gasteiger partial charge on any atom is 0.0620 e. The molecule has 0 aromatic heterocycles. The minimum atomic E-state index is 0.719. The Morgan fingerprint density at radius 2 is 1.77 bits per heavy atom. The van der Waals surface area contributed by atoms with Crippen LogP contribution in [0, 0.1) is 0 Å². The molecule has 0 aliphatic rings. The second kappa shape index (κ2) is 11.3. The van der Waals surface area contributed by atoms with Crippen LogP contribution in [0.2, 0.25) is 0 Å². The molecule has 0 bridgehead atoms. The molecule has 0 saturated heterocycles. The quantitative estimate of drug-likeness (QED) is 0.211. The third kappa shape index (κ3) is 11.3. The van der Waals surface area contributed by atoms with Crippen LogP contribution in [0.5, 0.6) is 0 Å². The van der Waals surface area contributed by atoms with Crippen molar-refractivity contribution in [2.24, 2.45) is 21.9 Å². The molecule has 0 rings (SSSR count). The molecule has 0 amide bonds. The Bertz CT molecular complexity index is 115. The Kier molecular flexibility index (Phi) is 10.7. The Labute approximate surface area is 79.9 Å². The van der Waals surface area contributed by atoms with Gasteiger partial charge in [-0.2, -0.15) is 5.11 Å². The molecule has 0 aromatic rings. The minimum absolute atomic E-state index is 0.719. The van der Waals surface area contributed by atoms with E-state index >= 15 is 0 Å². The van der Waals surface area contributed by atoms with Crippen molar-refractivity contribution in [2.45, 2.75) is 25.7 Å². The van der Waals surface area contributed by atoms with Gasteiger partial charge in [0.15, 0.2) is 0 Å². The van der Waals surface area contributed by atoms with Gasteiger partial charge in [-0.1, -0.05) is 18.1 Å². The van der Waals surface area contributed by atoms with Gasteiger partial charge in [-0.3, -0.25) is 0 Å². The van der Waals surface area contributed by atoms with Gasteiger partial charge in [-0.05, 0) is 19.4 Å². The van der Waals surface area contributed by atoms with Gasteiger partial charge in [0.1, 0.15) is 0 Å². The number of rotatable bonds is 9. The van der Waals surface area contributed by atoms with E-state index in [0.717, 1.165) is 32.6 Å². The van der Waals surface area contributed by atoms with Gasteiger partial charge in [0.05, 0.1) is 6.54 Å². The maximum absolute atomic E-state index is 5.33. The fraction of sp³-hybridized carbons (Fsp3) is 1.00. The summed E-state index contributed by atoms with van der Waals surface area (Å²) in [4.78, 5) is 0. The maximum atomic E-state index is 5.33. The van der Waals surface area contributed by atoms with E-state index in [1.807, 2.05) is 0 Å². The van der Waals surface area contributed by atoms with Crippen molar-refractivity contribution < 1.29 is 0 Å². The summed E-state index contributed by atoms with van der Waals surface area (Å²) >= 11 is 0. The molecule has 0 saturated carbocycles. The van der Waals surface area contributed by atoms with Crippen LogP contribution < -0.4 is 16.9 Å². The molecule has 0 radical (unpaired) electrons. The topological polar surface area (TPSA) is 88.8 Å². The van der Waals surface area contributed by atoms with E-state index in [1.54, 1.807) is 0 Å². The van der Waals surface area contributed by atoms with E-state index in [1.165, 1.54) is 19.3 Å². The first kappa shape index (κ1) is 12.3. The summed E-state index contributed by atoms with van der Waals surface area (Å²) in [7, 11) is 0. The number of hydrogen-bond donors (Lipinski definition) is 3. The number of nitrogens with two attached hydrogens (primary N) is 2. The molecule has 13 heavy (non-hydrogen) atoms. The number of nitrogens with one attached hydrogen (secondary N) is 1. The van der Waals surface area contributed by atoms with Gasteiger partial charge in [-0.15, -0.1) is 0 Å². The van der Waals surface area contributed by atoms with Crippen LogP contribution in [0.1, 0.15) is 25.7 Å². The van der Waals surface area contributed by atoms with Gasteiger partial charge in [0.25, 0.3) is 0 Å². The molecule has 0 unspecified atom stereocenters.